The lowest BCUT2D eigenvalue weighted by Crippen LogP contribution is -2.32. The van der Waals surface area contributed by atoms with Crippen LogP contribution in [-0.4, -0.2) is 44.2 Å². The number of amides is 1. The molecule has 1 aromatic carbocycles. The fraction of sp³-hybridized carbons (Fsp3) is 0.357. The number of nitrogens with zero attached hydrogens (tertiary/aromatic N) is 1. The van der Waals surface area contributed by atoms with E-state index in [0.717, 1.165) is 6.54 Å². The van der Waals surface area contributed by atoms with Gasteiger partial charge in [0.2, 0.25) is 5.91 Å². The molecule has 0 aliphatic rings. The van der Waals surface area contributed by atoms with Crippen LogP contribution >= 0.6 is 0 Å². The first-order valence-electron chi connectivity index (χ1n) is 6.53. The summed E-state index contributed by atoms with van der Waals surface area (Å²) in [7, 11) is 1.63. The smallest absolute Gasteiger partial charge is 0.270 e. The second-order valence-electron chi connectivity index (χ2n) is 4.22. The summed E-state index contributed by atoms with van der Waals surface area (Å²) in [5.74, 6) is -0.241. The average Bonchev–Trinajstić information content (AvgIpc) is 2.49. The normalized spacial score (nSPS) is 10.7. The van der Waals surface area contributed by atoms with Crippen molar-refractivity contribution in [3.05, 3.63) is 46.0 Å². The molecule has 0 aliphatic carbocycles. The van der Waals surface area contributed by atoms with Crippen LogP contribution in [0.5, 0.6) is 0 Å². The van der Waals surface area contributed by atoms with Gasteiger partial charge in [-0.3, -0.25) is 14.9 Å². The minimum Gasteiger partial charge on any atom is -0.383 e. The van der Waals surface area contributed by atoms with Gasteiger partial charge >= 0.3 is 0 Å². The van der Waals surface area contributed by atoms with Crippen LogP contribution in [0.25, 0.3) is 6.08 Å². The van der Waals surface area contributed by atoms with E-state index >= 15 is 0 Å². The first-order valence-corrected chi connectivity index (χ1v) is 6.53. The summed E-state index contributed by atoms with van der Waals surface area (Å²) in [5.41, 5.74) is 0.609. The molecule has 0 heterocycles. The summed E-state index contributed by atoms with van der Waals surface area (Å²) in [6, 6.07) is 6.09. The highest BCUT2D eigenvalue weighted by Gasteiger charge is 2.03. The van der Waals surface area contributed by atoms with Crippen molar-refractivity contribution in [2.24, 2.45) is 0 Å². The minimum atomic E-state index is -0.469. The van der Waals surface area contributed by atoms with Gasteiger partial charge < -0.3 is 15.4 Å². The highest BCUT2D eigenvalue weighted by Crippen LogP contribution is 2.13. The number of nitro benzene ring substituents is 1. The predicted molar refractivity (Wildman–Crippen MR) is 79.9 cm³/mol. The number of benzene rings is 1. The van der Waals surface area contributed by atoms with Crippen LogP contribution in [0.4, 0.5) is 5.69 Å². The molecule has 0 spiro atoms. The summed E-state index contributed by atoms with van der Waals surface area (Å²) in [4.78, 5) is 21.7. The number of hydrogen-bond acceptors (Lipinski definition) is 5. The number of hydrogen-bond donors (Lipinski definition) is 2. The molecule has 0 unspecified atom stereocenters. The predicted octanol–water partition coefficient (Wildman–Crippen LogP) is 0.960. The Hall–Kier alpha value is -2.25. The van der Waals surface area contributed by atoms with Crippen LogP contribution in [0.15, 0.2) is 30.3 Å². The van der Waals surface area contributed by atoms with E-state index in [1.54, 1.807) is 25.3 Å². The molecule has 0 radical (unpaired) electrons. The van der Waals surface area contributed by atoms with Crippen LogP contribution in [0, 0.1) is 10.1 Å². The largest absolute Gasteiger partial charge is 0.383 e. The van der Waals surface area contributed by atoms with Gasteiger partial charge in [-0.2, -0.15) is 0 Å². The molecule has 0 atom stereocenters. The molecule has 0 fully saturated rings. The van der Waals surface area contributed by atoms with E-state index in [2.05, 4.69) is 10.6 Å². The molecule has 1 aromatic rings. The van der Waals surface area contributed by atoms with Gasteiger partial charge in [0.05, 0.1) is 11.5 Å². The monoisotopic (exact) mass is 293 g/mol. The first-order chi connectivity index (χ1) is 10.1. The number of nitro groups is 1. The second kappa shape index (κ2) is 9.62. The molecular formula is C14H19N3O4. The number of rotatable bonds is 9. The molecule has 7 nitrogen and oxygen atoms in total. The van der Waals surface area contributed by atoms with Gasteiger partial charge in [-0.1, -0.05) is 12.1 Å². The van der Waals surface area contributed by atoms with E-state index in [4.69, 9.17) is 4.74 Å². The number of carbonyl (C=O) groups excluding carboxylic acids is 1. The van der Waals surface area contributed by atoms with E-state index in [1.165, 1.54) is 18.2 Å². The zero-order chi connectivity index (χ0) is 15.5. The molecule has 1 amide bonds. The minimum absolute atomic E-state index is 0.0000914. The van der Waals surface area contributed by atoms with E-state index in [9.17, 15) is 14.9 Å². The van der Waals surface area contributed by atoms with E-state index in [0.29, 0.717) is 25.3 Å². The third-order valence-corrected chi connectivity index (χ3v) is 2.59. The van der Waals surface area contributed by atoms with E-state index in [-0.39, 0.29) is 11.6 Å². The zero-order valence-electron chi connectivity index (χ0n) is 11.9. The molecule has 21 heavy (non-hydrogen) atoms. The lowest BCUT2D eigenvalue weighted by molar-refractivity contribution is -0.384. The topological polar surface area (TPSA) is 93.5 Å². The number of ether oxygens (including phenoxy) is 1. The fourth-order valence-corrected chi connectivity index (χ4v) is 1.55. The van der Waals surface area contributed by atoms with Gasteiger partial charge in [0, 0.05) is 45.0 Å². The molecule has 0 saturated carbocycles. The Bertz CT molecular complexity index is 503. The van der Waals surface area contributed by atoms with Crippen molar-refractivity contribution in [3.8, 4) is 0 Å². The standard InChI is InChI=1S/C14H19N3O4/c1-21-10-9-15-7-8-16-14(18)6-5-12-3-2-4-13(11-12)17(19)20/h2-6,11,15H,7-10H2,1H3,(H,16,18)/b6-5+. The third kappa shape index (κ3) is 7.19. The lowest BCUT2D eigenvalue weighted by atomic mass is 10.2. The van der Waals surface area contributed by atoms with Gasteiger partial charge in [-0.25, -0.2) is 0 Å². The van der Waals surface area contributed by atoms with E-state index in [1.807, 2.05) is 0 Å². The van der Waals surface area contributed by atoms with Crippen LogP contribution in [-0.2, 0) is 9.53 Å². The number of nitrogens with one attached hydrogen (secondary N) is 2. The Morgan fingerprint density at radius 3 is 2.90 bits per heavy atom. The van der Waals surface area contributed by atoms with Crippen molar-refractivity contribution in [3.63, 3.8) is 0 Å². The Morgan fingerprint density at radius 1 is 1.38 bits per heavy atom. The Balaban J connectivity index is 2.33. The van der Waals surface area contributed by atoms with Crippen molar-refractivity contribution in [2.45, 2.75) is 0 Å². The van der Waals surface area contributed by atoms with Gasteiger partial charge in [-0.05, 0) is 11.6 Å². The molecule has 2 N–H and O–H groups in total. The molecule has 0 aromatic heterocycles. The van der Waals surface area contributed by atoms with Crippen molar-refractivity contribution in [1.29, 1.82) is 0 Å². The fourth-order valence-electron chi connectivity index (χ4n) is 1.55. The number of carbonyl (C=O) groups is 1. The van der Waals surface area contributed by atoms with Crippen LogP contribution in [0.1, 0.15) is 5.56 Å². The summed E-state index contributed by atoms with van der Waals surface area (Å²) < 4.78 is 4.87. The van der Waals surface area contributed by atoms with Crippen molar-refractivity contribution in [2.75, 3.05) is 33.4 Å². The summed E-state index contributed by atoms with van der Waals surface area (Å²) >= 11 is 0. The van der Waals surface area contributed by atoms with Crippen LogP contribution in [0.2, 0.25) is 0 Å². The number of non-ortho nitro benzene ring substituents is 1. The molecular weight excluding hydrogens is 274 g/mol. The average molecular weight is 293 g/mol. The Morgan fingerprint density at radius 2 is 2.19 bits per heavy atom. The highest BCUT2D eigenvalue weighted by atomic mass is 16.6. The Labute approximate surface area is 123 Å². The molecule has 0 bridgehead atoms. The van der Waals surface area contributed by atoms with Crippen LogP contribution in [0.3, 0.4) is 0 Å². The first kappa shape index (κ1) is 16.8. The summed E-state index contributed by atoms with van der Waals surface area (Å²) in [5, 5.41) is 16.4. The van der Waals surface area contributed by atoms with Crippen molar-refractivity contribution < 1.29 is 14.5 Å². The lowest BCUT2D eigenvalue weighted by Gasteiger charge is -2.04. The second-order valence-corrected chi connectivity index (χ2v) is 4.22. The third-order valence-electron chi connectivity index (χ3n) is 2.59. The van der Waals surface area contributed by atoms with Gasteiger partial charge in [0.25, 0.3) is 5.69 Å². The summed E-state index contributed by atoms with van der Waals surface area (Å²) in [6.45, 7) is 2.51. The molecule has 7 heteroatoms. The SMILES string of the molecule is COCCNCCNC(=O)/C=C/c1cccc([N+](=O)[O-])c1. The molecule has 114 valence electrons. The quantitative estimate of drug-likeness (QED) is 0.306. The molecule has 0 aliphatic heterocycles. The van der Waals surface area contributed by atoms with E-state index < -0.39 is 4.92 Å². The van der Waals surface area contributed by atoms with Crippen molar-refractivity contribution >= 4 is 17.7 Å². The zero-order valence-corrected chi connectivity index (χ0v) is 11.9. The maximum absolute atomic E-state index is 11.5. The number of methoxy groups -OCH3 is 1. The maximum Gasteiger partial charge on any atom is 0.270 e. The van der Waals surface area contributed by atoms with Crippen LogP contribution < -0.4 is 10.6 Å². The maximum atomic E-state index is 11.5. The van der Waals surface area contributed by atoms with Gasteiger partial charge in [0.15, 0.2) is 0 Å². The molecule has 0 saturated heterocycles. The summed E-state index contributed by atoms with van der Waals surface area (Å²) in [6.07, 6.45) is 2.90. The highest BCUT2D eigenvalue weighted by molar-refractivity contribution is 5.91. The Kier molecular flexibility index (Phi) is 7.70. The van der Waals surface area contributed by atoms with Crippen molar-refractivity contribution in [1.82, 2.24) is 10.6 Å². The van der Waals surface area contributed by atoms with Gasteiger partial charge in [-0.15, -0.1) is 0 Å². The molecule has 1 rings (SSSR count). The van der Waals surface area contributed by atoms with Gasteiger partial charge in [0.1, 0.15) is 0 Å².